The van der Waals surface area contributed by atoms with Gasteiger partial charge in [0.25, 0.3) is 0 Å². The van der Waals surface area contributed by atoms with Crippen molar-refractivity contribution in [2.45, 2.75) is 26.2 Å². The van der Waals surface area contributed by atoms with Crippen molar-refractivity contribution in [3.05, 3.63) is 89.8 Å². The summed E-state index contributed by atoms with van der Waals surface area (Å²) in [4.78, 5) is 18.9. The number of hydrogen-bond acceptors (Lipinski definition) is 5. The fraction of sp³-hybridized carbons (Fsp3) is 0.192. The molecule has 0 bridgehead atoms. The minimum Gasteiger partial charge on any atom is -0.457 e. The van der Waals surface area contributed by atoms with E-state index in [1.165, 1.54) is 0 Å². The molecule has 0 radical (unpaired) electrons. The van der Waals surface area contributed by atoms with Crippen molar-refractivity contribution in [3.63, 3.8) is 0 Å². The molecule has 0 saturated carbocycles. The molecule has 0 N–H and O–H groups in total. The molecule has 0 aliphatic carbocycles. The summed E-state index contributed by atoms with van der Waals surface area (Å²) in [7, 11) is 0. The highest BCUT2D eigenvalue weighted by molar-refractivity contribution is 5.96. The van der Waals surface area contributed by atoms with Crippen molar-refractivity contribution < 1.29 is 14.1 Å². The topological polar surface area (TPSA) is 68.5 Å². The van der Waals surface area contributed by atoms with Gasteiger partial charge in [-0.15, -0.1) is 0 Å². The molecule has 1 aliphatic rings. The lowest BCUT2D eigenvalue weighted by Gasteiger charge is -2.16. The van der Waals surface area contributed by atoms with Gasteiger partial charge in [0.1, 0.15) is 11.5 Å². The summed E-state index contributed by atoms with van der Waals surface area (Å²) in [5, 5.41) is 4.13. The fourth-order valence-electron chi connectivity index (χ4n) is 3.85. The van der Waals surface area contributed by atoms with Crippen molar-refractivity contribution >= 4 is 11.6 Å². The Kier molecular flexibility index (Phi) is 5.19. The second kappa shape index (κ2) is 8.30. The van der Waals surface area contributed by atoms with Crippen LogP contribution in [0.25, 0.3) is 11.4 Å². The minimum atomic E-state index is -0.117. The molecule has 32 heavy (non-hydrogen) atoms. The van der Waals surface area contributed by atoms with Crippen LogP contribution in [0.15, 0.2) is 77.3 Å². The first-order chi connectivity index (χ1) is 15.5. The number of ether oxygens (including phenoxy) is 1. The highest BCUT2D eigenvalue weighted by atomic mass is 16.5. The van der Waals surface area contributed by atoms with Crippen LogP contribution in [0.3, 0.4) is 0 Å². The number of carbonyl (C=O) groups is 1. The Bertz CT molecular complexity index is 1250. The van der Waals surface area contributed by atoms with E-state index in [1.54, 1.807) is 4.90 Å². The monoisotopic (exact) mass is 425 g/mol. The fourth-order valence-corrected chi connectivity index (χ4v) is 3.85. The normalized spacial score (nSPS) is 15.9. The molecule has 1 aromatic heterocycles. The third kappa shape index (κ3) is 4.12. The summed E-state index contributed by atoms with van der Waals surface area (Å²) in [6.07, 6.45) is 0.360. The van der Waals surface area contributed by atoms with Crippen LogP contribution in [0, 0.1) is 13.8 Å². The van der Waals surface area contributed by atoms with E-state index >= 15 is 0 Å². The molecule has 5 rings (SSSR count). The molecule has 1 fully saturated rings. The molecule has 1 saturated heterocycles. The maximum absolute atomic E-state index is 12.6. The lowest BCUT2D eigenvalue weighted by Crippen LogP contribution is -2.24. The van der Waals surface area contributed by atoms with Gasteiger partial charge in [-0.2, -0.15) is 4.98 Å². The first-order valence-electron chi connectivity index (χ1n) is 10.6. The molecule has 1 amide bonds. The van der Waals surface area contributed by atoms with E-state index in [0.717, 1.165) is 33.9 Å². The summed E-state index contributed by atoms with van der Waals surface area (Å²) in [6.45, 7) is 4.59. The highest BCUT2D eigenvalue weighted by Gasteiger charge is 2.35. The van der Waals surface area contributed by atoms with Crippen LogP contribution in [-0.2, 0) is 4.79 Å². The van der Waals surface area contributed by atoms with Gasteiger partial charge in [-0.25, -0.2) is 0 Å². The molecule has 4 aromatic rings. The Morgan fingerprint density at radius 3 is 2.47 bits per heavy atom. The second-order valence-corrected chi connectivity index (χ2v) is 8.14. The van der Waals surface area contributed by atoms with E-state index in [-0.39, 0.29) is 11.8 Å². The largest absolute Gasteiger partial charge is 0.457 e. The molecule has 6 heteroatoms. The molecule has 6 nitrogen and oxygen atoms in total. The van der Waals surface area contributed by atoms with Crippen molar-refractivity contribution in [1.29, 1.82) is 0 Å². The van der Waals surface area contributed by atoms with E-state index in [0.29, 0.717) is 24.7 Å². The minimum absolute atomic E-state index is 0.0660. The SMILES string of the molecule is Cc1ccc(N2C[C@H](c3nc(-c4ccc(Oc5cccc(C)c5)cc4)no3)CC2=O)cc1. The summed E-state index contributed by atoms with van der Waals surface area (Å²) in [5.74, 6) is 2.47. The third-order valence-corrected chi connectivity index (χ3v) is 5.60. The number of hydrogen-bond donors (Lipinski definition) is 0. The van der Waals surface area contributed by atoms with Crippen molar-refractivity contribution in [2.75, 3.05) is 11.4 Å². The molecule has 0 spiro atoms. The molecule has 1 aliphatic heterocycles. The van der Waals surface area contributed by atoms with Crippen LogP contribution in [-0.4, -0.2) is 22.6 Å². The van der Waals surface area contributed by atoms with Crippen LogP contribution in [0.5, 0.6) is 11.5 Å². The lowest BCUT2D eigenvalue weighted by atomic mass is 10.1. The van der Waals surface area contributed by atoms with Crippen LogP contribution < -0.4 is 9.64 Å². The number of nitrogens with zero attached hydrogens (tertiary/aromatic N) is 3. The number of carbonyl (C=O) groups excluding carboxylic acids is 1. The maximum atomic E-state index is 12.6. The van der Waals surface area contributed by atoms with Gasteiger partial charge in [0.15, 0.2) is 0 Å². The number of aryl methyl sites for hydroxylation is 2. The van der Waals surface area contributed by atoms with Crippen molar-refractivity contribution in [1.82, 2.24) is 10.1 Å². The van der Waals surface area contributed by atoms with E-state index < -0.39 is 0 Å². The van der Waals surface area contributed by atoms with E-state index in [9.17, 15) is 4.79 Å². The average Bonchev–Trinajstić information content (AvgIpc) is 3.42. The van der Waals surface area contributed by atoms with E-state index in [2.05, 4.69) is 10.1 Å². The predicted molar refractivity (Wildman–Crippen MR) is 122 cm³/mol. The summed E-state index contributed by atoms with van der Waals surface area (Å²) >= 11 is 0. The van der Waals surface area contributed by atoms with Crippen LogP contribution in [0.4, 0.5) is 5.69 Å². The summed E-state index contributed by atoms with van der Waals surface area (Å²) < 4.78 is 11.4. The van der Waals surface area contributed by atoms with Crippen LogP contribution in [0.2, 0.25) is 0 Å². The zero-order chi connectivity index (χ0) is 22.1. The molecule has 1 atom stereocenters. The Morgan fingerprint density at radius 1 is 0.938 bits per heavy atom. The molecular weight excluding hydrogens is 402 g/mol. The van der Waals surface area contributed by atoms with Crippen LogP contribution in [0.1, 0.15) is 29.4 Å². The number of benzene rings is 3. The van der Waals surface area contributed by atoms with Gasteiger partial charge < -0.3 is 14.2 Å². The molecule has 3 aromatic carbocycles. The van der Waals surface area contributed by atoms with Crippen molar-refractivity contribution in [3.8, 4) is 22.9 Å². The van der Waals surface area contributed by atoms with Gasteiger partial charge in [0.2, 0.25) is 17.6 Å². The number of anilines is 1. The number of amides is 1. The van der Waals surface area contributed by atoms with E-state index in [1.807, 2.05) is 86.6 Å². The first-order valence-corrected chi connectivity index (χ1v) is 10.6. The number of aromatic nitrogens is 2. The van der Waals surface area contributed by atoms with Gasteiger partial charge in [-0.3, -0.25) is 4.79 Å². The predicted octanol–water partition coefficient (Wildman–Crippen LogP) is 5.67. The van der Waals surface area contributed by atoms with Crippen LogP contribution >= 0.6 is 0 Å². The smallest absolute Gasteiger partial charge is 0.232 e. The Hall–Kier alpha value is -3.93. The lowest BCUT2D eigenvalue weighted by molar-refractivity contribution is -0.117. The zero-order valence-electron chi connectivity index (χ0n) is 18.0. The van der Waals surface area contributed by atoms with Gasteiger partial charge in [0, 0.05) is 24.2 Å². The van der Waals surface area contributed by atoms with Gasteiger partial charge in [0.05, 0.1) is 5.92 Å². The molecule has 160 valence electrons. The third-order valence-electron chi connectivity index (χ3n) is 5.60. The Morgan fingerprint density at radius 2 is 1.72 bits per heavy atom. The van der Waals surface area contributed by atoms with Gasteiger partial charge in [-0.05, 0) is 67.9 Å². The van der Waals surface area contributed by atoms with Crippen molar-refractivity contribution in [2.24, 2.45) is 0 Å². The molecular formula is C26H23N3O3. The quantitative estimate of drug-likeness (QED) is 0.412. The zero-order valence-corrected chi connectivity index (χ0v) is 18.0. The van der Waals surface area contributed by atoms with E-state index in [4.69, 9.17) is 9.26 Å². The Labute approximate surface area is 186 Å². The maximum Gasteiger partial charge on any atom is 0.232 e. The second-order valence-electron chi connectivity index (χ2n) is 8.14. The van der Waals surface area contributed by atoms with Gasteiger partial charge >= 0.3 is 0 Å². The average molecular weight is 425 g/mol. The Balaban J connectivity index is 1.28. The standard InChI is InChI=1S/C26H23N3O3/c1-17-6-10-21(11-7-17)29-16-20(15-24(29)30)26-27-25(28-32-26)19-8-12-22(13-9-19)31-23-5-3-4-18(2)14-23/h3-14,20H,15-16H2,1-2H3/t20-/m1/s1. The first kappa shape index (κ1) is 20.0. The summed E-state index contributed by atoms with van der Waals surface area (Å²) in [5.41, 5.74) is 4.03. The number of rotatable bonds is 5. The van der Waals surface area contributed by atoms with Gasteiger partial charge in [-0.1, -0.05) is 35.0 Å². The molecule has 2 heterocycles. The molecule has 0 unspecified atom stereocenters. The summed E-state index contributed by atoms with van der Waals surface area (Å²) in [6, 6.07) is 23.4. The highest BCUT2D eigenvalue weighted by Crippen LogP contribution is 2.32.